The predicted octanol–water partition coefficient (Wildman–Crippen LogP) is 3.79. The lowest BCUT2D eigenvalue weighted by molar-refractivity contribution is -0.146. The number of carboxylic acid groups (broad SMARTS) is 1. The van der Waals surface area contributed by atoms with Crippen LogP contribution < -0.4 is 0 Å². The molecule has 0 aliphatic rings. The smallest absolute Gasteiger partial charge is 0.307 e. The topological polar surface area (TPSA) is 83.9 Å². The average Bonchev–Trinajstić information content (AvgIpc) is 2.76. The van der Waals surface area contributed by atoms with Crippen LogP contribution in [-0.4, -0.2) is 48.1 Å². The Morgan fingerprint density at radius 3 is 2.17 bits per heavy atom. The second kappa shape index (κ2) is 11.8. The number of aliphatic carboxylic acids is 1. The van der Waals surface area contributed by atoms with Crippen LogP contribution in [0.3, 0.4) is 0 Å². The highest BCUT2D eigenvalue weighted by atomic mass is 16.5. The molecular formula is C24H29NO5. The van der Waals surface area contributed by atoms with Gasteiger partial charge < -0.3 is 14.7 Å². The first-order chi connectivity index (χ1) is 14.4. The van der Waals surface area contributed by atoms with Crippen LogP contribution in [0, 0.1) is 5.92 Å². The zero-order valence-electron chi connectivity index (χ0n) is 17.5. The number of amides is 1. The molecule has 2 aromatic rings. The highest BCUT2D eigenvalue weighted by Crippen LogP contribution is 2.22. The van der Waals surface area contributed by atoms with E-state index in [0.717, 1.165) is 23.1 Å². The van der Waals surface area contributed by atoms with Crippen molar-refractivity contribution in [3.8, 4) is 11.1 Å². The van der Waals surface area contributed by atoms with Crippen molar-refractivity contribution in [1.29, 1.82) is 0 Å². The van der Waals surface area contributed by atoms with Crippen LogP contribution in [0.1, 0.15) is 31.7 Å². The molecule has 0 radical (unpaired) electrons. The molecule has 0 bridgehead atoms. The molecule has 2 rings (SSSR count). The summed E-state index contributed by atoms with van der Waals surface area (Å²) in [6.45, 7) is 2.63. The second-order valence-electron chi connectivity index (χ2n) is 7.21. The van der Waals surface area contributed by atoms with Crippen molar-refractivity contribution in [2.45, 2.75) is 32.6 Å². The van der Waals surface area contributed by atoms with Gasteiger partial charge >= 0.3 is 11.9 Å². The van der Waals surface area contributed by atoms with Gasteiger partial charge in [0.1, 0.15) is 0 Å². The van der Waals surface area contributed by atoms with Gasteiger partial charge in [-0.05, 0) is 29.5 Å². The van der Waals surface area contributed by atoms with Crippen molar-refractivity contribution < 1.29 is 24.2 Å². The number of carboxylic acids is 1. The summed E-state index contributed by atoms with van der Waals surface area (Å²) in [7, 11) is 1.31. The van der Waals surface area contributed by atoms with Gasteiger partial charge in [-0.25, -0.2) is 0 Å². The van der Waals surface area contributed by atoms with Gasteiger partial charge in [0.2, 0.25) is 5.91 Å². The van der Waals surface area contributed by atoms with Gasteiger partial charge in [-0.2, -0.15) is 0 Å². The molecule has 160 valence electrons. The van der Waals surface area contributed by atoms with Gasteiger partial charge in [0, 0.05) is 13.1 Å². The third kappa shape index (κ3) is 7.03. The zero-order valence-corrected chi connectivity index (χ0v) is 17.5. The van der Waals surface area contributed by atoms with Crippen molar-refractivity contribution in [3.63, 3.8) is 0 Å². The number of rotatable bonds is 11. The average molecular weight is 411 g/mol. The first kappa shape index (κ1) is 23.1. The molecule has 0 saturated heterocycles. The van der Waals surface area contributed by atoms with Gasteiger partial charge in [-0.15, -0.1) is 0 Å². The van der Waals surface area contributed by atoms with E-state index in [0.29, 0.717) is 13.0 Å². The van der Waals surface area contributed by atoms with Crippen LogP contribution in [0.5, 0.6) is 0 Å². The summed E-state index contributed by atoms with van der Waals surface area (Å²) in [5.74, 6) is -2.33. The molecule has 1 atom stereocenters. The van der Waals surface area contributed by atoms with Crippen LogP contribution in [0.4, 0.5) is 0 Å². The largest absolute Gasteiger partial charge is 0.481 e. The number of carbonyl (C=O) groups is 3. The number of benzene rings is 2. The van der Waals surface area contributed by atoms with E-state index in [1.165, 1.54) is 7.11 Å². The fourth-order valence-electron chi connectivity index (χ4n) is 3.39. The highest BCUT2D eigenvalue weighted by Gasteiger charge is 2.27. The van der Waals surface area contributed by atoms with Gasteiger partial charge in [0.15, 0.2) is 0 Å². The zero-order chi connectivity index (χ0) is 21.9. The summed E-state index contributed by atoms with van der Waals surface area (Å²) < 4.78 is 4.66. The molecular weight excluding hydrogens is 382 g/mol. The van der Waals surface area contributed by atoms with E-state index < -0.39 is 17.9 Å². The summed E-state index contributed by atoms with van der Waals surface area (Å²) in [5.41, 5.74) is 3.06. The molecule has 0 aliphatic carbocycles. The Bertz CT molecular complexity index is 832. The molecule has 0 aliphatic heterocycles. The number of nitrogens with zero attached hydrogens (tertiary/aromatic N) is 1. The summed E-state index contributed by atoms with van der Waals surface area (Å²) in [5, 5.41) is 9.33. The third-order valence-electron chi connectivity index (χ3n) is 4.93. The Labute approximate surface area is 177 Å². The Morgan fingerprint density at radius 1 is 0.967 bits per heavy atom. The summed E-state index contributed by atoms with van der Waals surface area (Å²) in [4.78, 5) is 37.5. The van der Waals surface area contributed by atoms with Crippen molar-refractivity contribution in [2.75, 3.05) is 20.2 Å². The number of methoxy groups -OCH3 is 1. The van der Waals surface area contributed by atoms with Crippen molar-refractivity contribution >= 4 is 17.8 Å². The Balaban J connectivity index is 2.14. The molecule has 0 saturated carbocycles. The molecule has 0 fully saturated rings. The highest BCUT2D eigenvalue weighted by molar-refractivity contribution is 5.84. The fourth-order valence-corrected chi connectivity index (χ4v) is 3.39. The monoisotopic (exact) mass is 411 g/mol. The van der Waals surface area contributed by atoms with Gasteiger partial charge in [-0.3, -0.25) is 14.4 Å². The lowest BCUT2D eigenvalue weighted by Gasteiger charge is -2.26. The van der Waals surface area contributed by atoms with Gasteiger partial charge in [0.25, 0.3) is 0 Å². The van der Waals surface area contributed by atoms with E-state index in [9.17, 15) is 19.5 Å². The molecule has 2 aromatic carbocycles. The van der Waals surface area contributed by atoms with Crippen LogP contribution >= 0.6 is 0 Å². The maximum absolute atomic E-state index is 13.1. The Kier molecular flexibility index (Phi) is 9.06. The first-order valence-electron chi connectivity index (χ1n) is 10.2. The maximum Gasteiger partial charge on any atom is 0.307 e. The molecule has 1 N–H and O–H groups in total. The predicted molar refractivity (Wildman–Crippen MR) is 115 cm³/mol. The third-order valence-corrected chi connectivity index (χ3v) is 4.93. The minimum atomic E-state index is -1.02. The fraction of sp³-hybridized carbons (Fsp3) is 0.375. The summed E-state index contributed by atoms with van der Waals surface area (Å²) >= 11 is 0. The van der Waals surface area contributed by atoms with Crippen molar-refractivity contribution in [3.05, 3.63) is 60.2 Å². The second-order valence-corrected chi connectivity index (χ2v) is 7.21. The number of hydrogen-bond acceptors (Lipinski definition) is 4. The molecule has 0 unspecified atom stereocenters. The number of esters is 1. The maximum atomic E-state index is 13.1. The van der Waals surface area contributed by atoms with Gasteiger partial charge in [0.05, 0.1) is 25.9 Å². The van der Waals surface area contributed by atoms with Crippen LogP contribution in [-0.2, 0) is 25.5 Å². The minimum absolute atomic E-state index is 0.0911. The SMILES string of the molecule is CCCN(CCC(=O)OC)C(=O)[C@@H](CC(=O)O)Cc1ccc(-c2ccccc2)cc1. The first-order valence-corrected chi connectivity index (χ1v) is 10.2. The molecule has 0 aromatic heterocycles. The standard InChI is InChI=1S/C24H29NO5/c1-3-14-25(15-13-23(28)30-2)24(29)21(17-22(26)27)16-18-9-11-20(12-10-18)19-7-5-4-6-8-19/h4-12,21H,3,13-17H2,1-2H3,(H,26,27)/t21-/m1/s1. The Hall–Kier alpha value is -3.15. The Morgan fingerprint density at radius 2 is 1.60 bits per heavy atom. The molecule has 1 amide bonds. The number of hydrogen-bond donors (Lipinski definition) is 1. The lowest BCUT2D eigenvalue weighted by Crippen LogP contribution is -2.39. The van der Waals surface area contributed by atoms with Crippen LogP contribution in [0.25, 0.3) is 11.1 Å². The summed E-state index contributed by atoms with van der Waals surface area (Å²) in [6.07, 6.45) is 0.891. The van der Waals surface area contributed by atoms with Gasteiger partial charge in [-0.1, -0.05) is 61.5 Å². The quantitative estimate of drug-likeness (QED) is 0.569. The van der Waals surface area contributed by atoms with Crippen molar-refractivity contribution in [2.24, 2.45) is 5.92 Å². The minimum Gasteiger partial charge on any atom is -0.481 e. The van der Waals surface area contributed by atoms with Crippen LogP contribution in [0.15, 0.2) is 54.6 Å². The molecule has 0 heterocycles. The van der Waals surface area contributed by atoms with E-state index >= 15 is 0 Å². The number of ether oxygens (including phenoxy) is 1. The van der Waals surface area contributed by atoms with E-state index in [1.54, 1.807) is 4.90 Å². The van der Waals surface area contributed by atoms with E-state index in [1.807, 2.05) is 61.5 Å². The lowest BCUT2D eigenvalue weighted by atomic mass is 9.93. The number of carbonyl (C=O) groups excluding carboxylic acids is 2. The van der Waals surface area contributed by atoms with E-state index in [4.69, 9.17) is 0 Å². The van der Waals surface area contributed by atoms with E-state index in [-0.39, 0.29) is 25.3 Å². The molecule has 6 nitrogen and oxygen atoms in total. The van der Waals surface area contributed by atoms with E-state index in [2.05, 4.69) is 4.74 Å². The molecule has 30 heavy (non-hydrogen) atoms. The molecule has 0 spiro atoms. The molecule has 6 heteroatoms. The van der Waals surface area contributed by atoms with Crippen molar-refractivity contribution in [1.82, 2.24) is 4.90 Å². The normalized spacial score (nSPS) is 11.5. The summed E-state index contributed by atoms with van der Waals surface area (Å²) in [6, 6.07) is 17.8. The van der Waals surface area contributed by atoms with Crippen LogP contribution in [0.2, 0.25) is 0 Å².